The van der Waals surface area contributed by atoms with Gasteiger partial charge in [0.1, 0.15) is 0 Å². The Labute approximate surface area is 168 Å². The van der Waals surface area contributed by atoms with Crippen LogP contribution in [0.25, 0.3) is 11.3 Å². The minimum absolute atomic E-state index is 0.000923. The van der Waals surface area contributed by atoms with Crippen molar-refractivity contribution in [2.24, 2.45) is 0 Å². The molecule has 0 atom stereocenters. The van der Waals surface area contributed by atoms with E-state index in [1.54, 1.807) is 6.07 Å². The standard InChI is InChI=1S/C20H20N4O4S/c1-15(25)22-17-7-9-18(10-8-17)29(27,28)21-13-14-24-20(26)12-11-19(23-24)16-5-3-2-4-6-16/h2-12,21H,13-14H2,1H3,(H,22,25). The number of carbonyl (C=O) groups excluding carboxylic acids is 1. The van der Waals surface area contributed by atoms with Gasteiger partial charge in [0.05, 0.1) is 17.1 Å². The van der Waals surface area contributed by atoms with Gasteiger partial charge in [0, 0.05) is 30.8 Å². The number of carbonyl (C=O) groups is 1. The van der Waals surface area contributed by atoms with Crippen LogP contribution in [0.1, 0.15) is 6.92 Å². The molecule has 1 aromatic heterocycles. The van der Waals surface area contributed by atoms with Crippen molar-refractivity contribution < 1.29 is 13.2 Å². The monoisotopic (exact) mass is 412 g/mol. The molecule has 3 aromatic rings. The van der Waals surface area contributed by atoms with Crippen LogP contribution in [0.4, 0.5) is 5.69 Å². The number of benzene rings is 2. The number of amides is 1. The molecule has 1 amide bonds. The number of anilines is 1. The van der Waals surface area contributed by atoms with Gasteiger partial charge in [-0.25, -0.2) is 17.8 Å². The lowest BCUT2D eigenvalue weighted by atomic mass is 10.1. The SMILES string of the molecule is CC(=O)Nc1ccc(S(=O)(=O)NCCn2nc(-c3ccccc3)ccc2=O)cc1. The van der Waals surface area contributed by atoms with Gasteiger partial charge in [0.2, 0.25) is 15.9 Å². The van der Waals surface area contributed by atoms with Crippen molar-refractivity contribution in [1.29, 1.82) is 0 Å². The van der Waals surface area contributed by atoms with E-state index >= 15 is 0 Å². The number of sulfonamides is 1. The molecule has 0 saturated heterocycles. The Kier molecular flexibility index (Phi) is 6.20. The highest BCUT2D eigenvalue weighted by molar-refractivity contribution is 7.89. The van der Waals surface area contributed by atoms with Crippen molar-refractivity contribution in [3.05, 3.63) is 77.1 Å². The molecule has 0 unspecified atom stereocenters. The van der Waals surface area contributed by atoms with Crippen molar-refractivity contribution >= 4 is 21.6 Å². The largest absolute Gasteiger partial charge is 0.326 e. The smallest absolute Gasteiger partial charge is 0.266 e. The number of aromatic nitrogens is 2. The van der Waals surface area contributed by atoms with Crippen LogP contribution < -0.4 is 15.6 Å². The Morgan fingerprint density at radius 2 is 1.69 bits per heavy atom. The number of hydrogen-bond acceptors (Lipinski definition) is 5. The minimum atomic E-state index is -3.76. The minimum Gasteiger partial charge on any atom is -0.326 e. The van der Waals surface area contributed by atoms with Crippen LogP contribution in [0.2, 0.25) is 0 Å². The summed E-state index contributed by atoms with van der Waals surface area (Å²) in [5.74, 6) is -0.241. The summed E-state index contributed by atoms with van der Waals surface area (Å²) in [6.45, 7) is 1.46. The molecule has 1 heterocycles. The summed E-state index contributed by atoms with van der Waals surface area (Å²) in [5, 5.41) is 6.88. The van der Waals surface area contributed by atoms with Crippen molar-refractivity contribution in [1.82, 2.24) is 14.5 Å². The molecular weight excluding hydrogens is 392 g/mol. The lowest BCUT2D eigenvalue weighted by Crippen LogP contribution is -2.32. The predicted octanol–water partition coefficient (Wildman–Crippen LogP) is 1.85. The molecular formula is C20H20N4O4S. The van der Waals surface area contributed by atoms with Crippen molar-refractivity contribution in [2.75, 3.05) is 11.9 Å². The molecule has 0 aliphatic carbocycles. The zero-order valence-corrected chi connectivity index (χ0v) is 16.5. The average Bonchev–Trinajstić information content (AvgIpc) is 2.70. The van der Waals surface area contributed by atoms with Gasteiger partial charge in [-0.2, -0.15) is 5.10 Å². The summed E-state index contributed by atoms with van der Waals surface area (Å²) in [6, 6.07) is 18.2. The van der Waals surface area contributed by atoms with Gasteiger partial charge < -0.3 is 5.32 Å². The normalized spacial score (nSPS) is 11.2. The summed E-state index contributed by atoms with van der Waals surface area (Å²) in [5.41, 5.74) is 1.68. The zero-order chi connectivity index (χ0) is 20.9. The zero-order valence-electron chi connectivity index (χ0n) is 15.7. The molecule has 0 bridgehead atoms. The van der Waals surface area contributed by atoms with Gasteiger partial charge >= 0.3 is 0 Å². The van der Waals surface area contributed by atoms with Gasteiger partial charge in [-0.15, -0.1) is 0 Å². The Hall–Kier alpha value is -3.30. The maximum atomic E-state index is 12.4. The Balaban J connectivity index is 1.67. The van der Waals surface area contributed by atoms with Gasteiger partial charge in [-0.3, -0.25) is 9.59 Å². The molecule has 2 N–H and O–H groups in total. The van der Waals surface area contributed by atoms with Crippen LogP contribution in [0.3, 0.4) is 0 Å². The number of nitrogens with zero attached hydrogens (tertiary/aromatic N) is 2. The molecule has 9 heteroatoms. The van der Waals surface area contributed by atoms with Crippen LogP contribution in [-0.4, -0.2) is 30.7 Å². The van der Waals surface area contributed by atoms with E-state index in [0.717, 1.165) is 5.56 Å². The summed E-state index contributed by atoms with van der Waals surface area (Å²) in [6.07, 6.45) is 0. The number of rotatable bonds is 7. The lowest BCUT2D eigenvalue weighted by Gasteiger charge is -2.10. The summed E-state index contributed by atoms with van der Waals surface area (Å²) in [7, 11) is -3.76. The van der Waals surface area contributed by atoms with Crippen LogP contribution >= 0.6 is 0 Å². The molecule has 0 aliphatic rings. The number of nitrogens with one attached hydrogen (secondary N) is 2. The maximum absolute atomic E-state index is 12.4. The first kappa shape index (κ1) is 20.4. The van der Waals surface area contributed by atoms with Gasteiger partial charge in [-0.1, -0.05) is 30.3 Å². The van der Waals surface area contributed by atoms with E-state index in [2.05, 4.69) is 15.1 Å². The predicted molar refractivity (Wildman–Crippen MR) is 110 cm³/mol. The summed E-state index contributed by atoms with van der Waals surface area (Å²) in [4.78, 5) is 23.1. The molecule has 8 nitrogen and oxygen atoms in total. The third-order valence-corrected chi connectivity index (χ3v) is 5.51. The molecule has 0 fully saturated rings. The molecule has 0 saturated carbocycles. The van der Waals surface area contributed by atoms with Gasteiger partial charge in [0.15, 0.2) is 0 Å². The van der Waals surface area contributed by atoms with Crippen LogP contribution in [0.5, 0.6) is 0 Å². The van der Waals surface area contributed by atoms with E-state index in [4.69, 9.17) is 0 Å². The van der Waals surface area contributed by atoms with Crippen molar-refractivity contribution in [2.45, 2.75) is 18.4 Å². The second-order valence-electron chi connectivity index (χ2n) is 6.25. The third kappa shape index (κ3) is 5.37. The quantitative estimate of drug-likeness (QED) is 0.615. The second-order valence-corrected chi connectivity index (χ2v) is 8.02. The van der Waals surface area contributed by atoms with E-state index in [1.165, 1.54) is 41.9 Å². The molecule has 150 valence electrons. The highest BCUT2D eigenvalue weighted by Crippen LogP contribution is 2.15. The van der Waals surface area contributed by atoms with E-state index in [9.17, 15) is 18.0 Å². The van der Waals surface area contributed by atoms with E-state index in [1.807, 2.05) is 30.3 Å². The van der Waals surface area contributed by atoms with Gasteiger partial charge in [-0.05, 0) is 30.3 Å². The molecule has 2 aromatic carbocycles. The highest BCUT2D eigenvalue weighted by Gasteiger charge is 2.14. The molecule has 3 rings (SSSR count). The van der Waals surface area contributed by atoms with Crippen molar-refractivity contribution in [3.63, 3.8) is 0 Å². The second kappa shape index (κ2) is 8.80. The Morgan fingerprint density at radius 1 is 1.00 bits per heavy atom. The fraction of sp³-hybridized carbons (Fsp3) is 0.150. The highest BCUT2D eigenvalue weighted by atomic mass is 32.2. The topological polar surface area (TPSA) is 110 Å². The first-order valence-corrected chi connectivity index (χ1v) is 10.3. The van der Waals surface area contributed by atoms with Crippen LogP contribution in [0.15, 0.2) is 76.4 Å². The van der Waals surface area contributed by atoms with Gasteiger partial charge in [0.25, 0.3) is 5.56 Å². The van der Waals surface area contributed by atoms with Crippen LogP contribution in [0, 0.1) is 0 Å². The molecule has 0 spiro atoms. The van der Waals surface area contributed by atoms with E-state index in [0.29, 0.717) is 11.4 Å². The van der Waals surface area contributed by atoms with E-state index in [-0.39, 0.29) is 29.5 Å². The molecule has 0 radical (unpaired) electrons. The van der Waals surface area contributed by atoms with Crippen molar-refractivity contribution in [3.8, 4) is 11.3 Å². The van der Waals surface area contributed by atoms with Crippen LogP contribution in [-0.2, 0) is 21.4 Å². The first-order chi connectivity index (χ1) is 13.8. The number of hydrogen-bond donors (Lipinski definition) is 2. The first-order valence-electron chi connectivity index (χ1n) is 8.86. The molecule has 29 heavy (non-hydrogen) atoms. The van der Waals surface area contributed by atoms with E-state index < -0.39 is 10.0 Å². The fourth-order valence-electron chi connectivity index (χ4n) is 2.66. The molecule has 0 aliphatic heterocycles. The third-order valence-electron chi connectivity index (χ3n) is 4.04. The summed E-state index contributed by atoms with van der Waals surface area (Å²) < 4.78 is 28.5. The fourth-order valence-corrected chi connectivity index (χ4v) is 3.68. The average molecular weight is 412 g/mol. The Bertz CT molecular complexity index is 1160. The maximum Gasteiger partial charge on any atom is 0.266 e. The summed E-state index contributed by atoms with van der Waals surface area (Å²) >= 11 is 0. The Morgan fingerprint density at radius 3 is 2.34 bits per heavy atom. The lowest BCUT2D eigenvalue weighted by molar-refractivity contribution is -0.114.